The molecule has 4 nitrogen and oxygen atoms in total. The topological polar surface area (TPSA) is 49.4 Å². The molecule has 2 aromatic carbocycles. The second-order valence-electron chi connectivity index (χ2n) is 5.36. The molecule has 0 spiro atoms. The van der Waals surface area contributed by atoms with Gasteiger partial charge < -0.3 is 10.2 Å². The molecule has 1 fully saturated rings. The van der Waals surface area contributed by atoms with Gasteiger partial charge in [-0.3, -0.25) is 9.59 Å². The van der Waals surface area contributed by atoms with Crippen molar-refractivity contribution in [1.29, 1.82) is 0 Å². The van der Waals surface area contributed by atoms with Crippen LogP contribution in [0.2, 0.25) is 0 Å². The van der Waals surface area contributed by atoms with Gasteiger partial charge >= 0.3 is 0 Å². The number of benzene rings is 2. The lowest BCUT2D eigenvalue weighted by atomic mass is 10.1. The first kappa shape index (κ1) is 15.7. The first-order valence-electron chi connectivity index (χ1n) is 7.16. The summed E-state index contributed by atoms with van der Waals surface area (Å²) in [6.45, 7) is 0.308. The standard InChI is InChI=1S/C17H14BrFN2O2/c18-14-6-1-2-7-15(14)21-10-11(8-16(21)22)17(23)20-13-5-3-4-12(19)9-13/h1-7,9,11H,8,10H2,(H,20,23). The van der Waals surface area contributed by atoms with Gasteiger partial charge in [0.2, 0.25) is 11.8 Å². The number of hydrogen-bond acceptors (Lipinski definition) is 2. The average Bonchev–Trinajstić information content (AvgIpc) is 2.90. The molecule has 0 bridgehead atoms. The summed E-state index contributed by atoms with van der Waals surface area (Å²) in [5, 5.41) is 2.66. The highest BCUT2D eigenvalue weighted by atomic mass is 79.9. The molecule has 2 amide bonds. The van der Waals surface area contributed by atoms with Crippen molar-refractivity contribution in [3.05, 3.63) is 58.8 Å². The van der Waals surface area contributed by atoms with Gasteiger partial charge in [-0.15, -0.1) is 0 Å². The van der Waals surface area contributed by atoms with Crippen LogP contribution in [-0.4, -0.2) is 18.4 Å². The van der Waals surface area contributed by atoms with Crippen LogP contribution in [-0.2, 0) is 9.59 Å². The maximum atomic E-state index is 13.2. The van der Waals surface area contributed by atoms with Gasteiger partial charge in [0, 0.05) is 23.1 Å². The van der Waals surface area contributed by atoms with Gasteiger partial charge in [0.25, 0.3) is 0 Å². The van der Waals surface area contributed by atoms with E-state index in [1.165, 1.54) is 18.2 Å². The summed E-state index contributed by atoms with van der Waals surface area (Å²) in [5.41, 5.74) is 1.14. The zero-order valence-electron chi connectivity index (χ0n) is 12.1. The van der Waals surface area contributed by atoms with E-state index in [0.29, 0.717) is 12.2 Å². The number of para-hydroxylation sites is 1. The number of nitrogens with one attached hydrogen (secondary N) is 1. The second kappa shape index (κ2) is 6.50. The Balaban J connectivity index is 1.72. The molecule has 1 N–H and O–H groups in total. The number of halogens is 2. The number of amides is 2. The summed E-state index contributed by atoms with van der Waals surface area (Å²) >= 11 is 3.42. The van der Waals surface area contributed by atoms with Crippen molar-refractivity contribution in [2.75, 3.05) is 16.8 Å². The number of carbonyl (C=O) groups excluding carboxylic acids is 2. The van der Waals surface area contributed by atoms with Crippen molar-refractivity contribution < 1.29 is 14.0 Å². The van der Waals surface area contributed by atoms with Gasteiger partial charge in [0.1, 0.15) is 5.82 Å². The molecular formula is C17H14BrFN2O2. The third-order valence-electron chi connectivity index (χ3n) is 3.73. The predicted octanol–water partition coefficient (Wildman–Crippen LogP) is 3.58. The molecule has 1 unspecified atom stereocenters. The number of carbonyl (C=O) groups is 2. The first-order chi connectivity index (χ1) is 11.0. The Morgan fingerprint density at radius 3 is 2.74 bits per heavy atom. The molecule has 0 saturated carbocycles. The SMILES string of the molecule is O=C(Nc1cccc(F)c1)C1CC(=O)N(c2ccccc2Br)C1. The highest BCUT2D eigenvalue weighted by molar-refractivity contribution is 9.10. The minimum absolute atomic E-state index is 0.101. The lowest BCUT2D eigenvalue weighted by Gasteiger charge is -2.18. The molecule has 1 heterocycles. The van der Waals surface area contributed by atoms with Crippen LogP contribution in [0, 0.1) is 11.7 Å². The predicted molar refractivity (Wildman–Crippen MR) is 89.6 cm³/mol. The molecule has 1 aliphatic heterocycles. The van der Waals surface area contributed by atoms with Crippen LogP contribution in [0.5, 0.6) is 0 Å². The van der Waals surface area contributed by atoms with Crippen LogP contribution >= 0.6 is 15.9 Å². The summed E-state index contributed by atoms with van der Waals surface area (Å²) in [5.74, 6) is -1.26. The van der Waals surface area contributed by atoms with Crippen LogP contribution in [0.15, 0.2) is 53.0 Å². The minimum Gasteiger partial charge on any atom is -0.326 e. The molecule has 23 heavy (non-hydrogen) atoms. The van der Waals surface area contributed by atoms with Crippen LogP contribution in [0.1, 0.15) is 6.42 Å². The lowest BCUT2D eigenvalue weighted by Crippen LogP contribution is -2.28. The van der Waals surface area contributed by atoms with Gasteiger partial charge in [-0.1, -0.05) is 18.2 Å². The van der Waals surface area contributed by atoms with Crippen molar-refractivity contribution in [1.82, 2.24) is 0 Å². The Kier molecular flexibility index (Phi) is 4.43. The highest BCUT2D eigenvalue weighted by Crippen LogP contribution is 2.31. The number of rotatable bonds is 3. The maximum Gasteiger partial charge on any atom is 0.229 e. The number of hydrogen-bond donors (Lipinski definition) is 1. The average molecular weight is 377 g/mol. The Labute approximate surface area is 141 Å². The smallest absolute Gasteiger partial charge is 0.229 e. The molecule has 0 aliphatic carbocycles. The molecule has 0 aromatic heterocycles. The van der Waals surface area contributed by atoms with E-state index in [2.05, 4.69) is 21.2 Å². The molecule has 1 atom stereocenters. The highest BCUT2D eigenvalue weighted by Gasteiger charge is 2.35. The van der Waals surface area contributed by atoms with E-state index in [1.807, 2.05) is 24.3 Å². The Bertz CT molecular complexity index is 766. The zero-order chi connectivity index (χ0) is 16.4. The van der Waals surface area contributed by atoms with Crippen molar-refractivity contribution in [3.63, 3.8) is 0 Å². The largest absolute Gasteiger partial charge is 0.326 e. The van der Waals surface area contributed by atoms with Crippen LogP contribution < -0.4 is 10.2 Å². The third-order valence-corrected chi connectivity index (χ3v) is 4.40. The number of nitrogens with zero attached hydrogens (tertiary/aromatic N) is 1. The summed E-state index contributed by atoms with van der Waals surface area (Å²) in [4.78, 5) is 26.1. The van der Waals surface area contributed by atoms with Crippen molar-refractivity contribution in [2.45, 2.75) is 6.42 Å². The molecule has 6 heteroatoms. The van der Waals surface area contributed by atoms with E-state index in [4.69, 9.17) is 0 Å². The Hall–Kier alpha value is -2.21. The van der Waals surface area contributed by atoms with Crippen molar-refractivity contribution in [3.8, 4) is 0 Å². The summed E-state index contributed by atoms with van der Waals surface area (Å²) in [7, 11) is 0. The fraction of sp³-hybridized carbons (Fsp3) is 0.176. The van der Waals surface area contributed by atoms with E-state index in [-0.39, 0.29) is 18.2 Å². The third kappa shape index (κ3) is 3.42. The molecule has 2 aromatic rings. The van der Waals surface area contributed by atoms with Crippen LogP contribution in [0.3, 0.4) is 0 Å². The second-order valence-corrected chi connectivity index (χ2v) is 6.21. The van der Waals surface area contributed by atoms with Crippen molar-refractivity contribution in [2.24, 2.45) is 5.92 Å². The molecule has 1 aliphatic rings. The van der Waals surface area contributed by atoms with Gasteiger partial charge in [0.15, 0.2) is 0 Å². The minimum atomic E-state index is -0.460. The molecule has 3 rings (SSSR count). The molecule has 1 saturated heterocycles. The van der Waals surface area contributed by atoms with E-state index in [9.17, 15) is 14.0 Å². The maximum absolute atomic E-state index is 13.2. The van der Waals surface area contributed by atoms with Crippen LogP contribution in [0.4, 0.5) is 15.8 Å². The summed E-state index contributed by atoms with van der Waals surface area (Å²) in [6.07, 6.45) is 0.141. The van der Waals surface area contributed by atoms with E-state index < -0.39 is 11.7 Å². The lowest BCUT2D eigenvalue weighted by molar-refractivity contribution is -0.122. The first-order valence-corrected chi connectivity index (χ1v) is 7.95. The fourth-order valence-electron chi connectivity index (χ4n) is 2.60. The van der Waals surface area contributed by atoms with Gasteiger partial charge in [-0.2, -0.15) is 0 Å². The van der Waals surface area contributed by atoms with E-state index >= 15 is 0 Å². The fourth-order valence-corrected chi connectivity index (χ4v) is 3.10. The normalized spacial score (nSPS) is 17.4. The molecule has 0 radical (unpaired) electrons. The molecular weight excluding hydrogens is 363 g/mol. The monoisotopic (exact) mass is 376 g/mol. The Morgan fingerprint density at radius 2 is 2.00 bits per heavy atom. The molecule has 118 valence electrons. The van der Waals surface area contributed by atoms with Crippen molar-refractivity contribution >= 4 is 39.1 Å². The summed E-state index contributed by atoms with van der Waals surface area (Å²) < 4.78 is 14.0. The Morgan fingerprint density at radius 1 is 1.22 bits per heavy atom. The van der Waals surface area contributed by atoms with E-state index in [1.54, 1.807) is 11.0 Å². The van der Waals surface area contributed by atoms with Gasteiger partial charge in [-0.05, 0) is 46.3 Å². The van der Waals surface area contributed by atoms with Gasteiger partial charge in [0.05, 0.1) is 11.6 Å². The zero-order valence-corrected chi connectivity index (χ0v) is 13.7. The van der Waals surface area contributed by atoms with E-state index in [0.717, 1.165) is 10.2 Å². The van der Waals surface area contributed by atoms with Crippen LogP contribution in [0.25, 0.3) is 0 Å². The quantitative estimate of drug-likeness (QED) is 0.889. The van der Waals surface area contributed by atoms with Gasteiger partial charge in [-0.25, -0.2) is 4.39 Å². The summed E-state index contributed by atoms with van der Waals surface area (Å²) in [6, 6.07) is 13.1. The number of anilines is 2.